The summed E-state index contributed by atoms with van der Waals surface area (Å²) in [6, 6.07) is 0.539. The van der Waals surface area contributed by atoms with E-state index in [9.17, 15) is 4.79 Å². The van der Waals surface area contributed by atoms with Crippen LogP contribution in [0.25, 0.3) is 0 Å². The fraction of sp³-hybridized carbons (Fsp3) is 0.923. The number of rotatable bonds is 7. The zero-order chi connectivity index (χ0) is 12.1. The van der Waals surface area contributed by atoms with Crippen LogP contribution in [0.5, 0.6) is 0 Å². The van der Waals surface area contributed by atoms with Gasteiger partial charge in [-0.15, -0.1) is 0 Å². The molecule has 1 saturated heterocycles. The van der Waals surface area contributed by atoms with E-state index in [0.29, 0.717) is 18.5 Å². The van der Waals surface area contributed by atoms with Crippen molar-refractivity contribution in [3.8, 4) is 0 Å². The molecule has 0 aromatic carbocycles. The number of carbonyl (C=O) groups is 1. The normalized spacial score (nSPS) is 23.9. The molecule has 4 heteroatoms. The van der Waals surface area contributed by atoms with Crippen LogP contribution in [0.15, 0.2) is 0 Å². The SMILES string of the molecule is CCN(C(=O)CNCCC1CCOC1)C1CC1. The van der Waals surface area contributed by atoms with E-state index in [4.69, 9.17) is 4.74 Å². The molecule has 1 unspecified atom stereocenters. The standard InChI is InChI=1S/C13H24N2O2/c1-2-15(12-3-4-12)13(16)9-14-7-5-11-6-8-17-10-11/h11-12,14H,2-10H2,1H3. The topological polar surface area (TPSA) is 41.6 Å². The molecule has 0 radical (unpaired) electrons. The summed E-state index contributed by atoms with van der Waals surface area (Å²) in [5.41, 5.74) is 0. The van der Waals surface area contributed by atoms with Crippen molar-refractivity contribution in [1.29, 1.82) is 0 Å². The first kappa shape index (κ1) is 12.8. The van der Waals surface area contributed by atoms with E-state index in [-0.39, 0.29) is 5.91 Å². The van der Waals surface area contributed by atoms with Crippen LogP contribution in [0.2, 0.25) is 0 Å². The van der Waals surface area contributed by atoms with Gasteiger partial charge in [0.15, 0.2) is 0 Å². The number of nitrogens with one attached hydrogen (secondary N) is 1. The average molecular weight is 240 g/mol. The monoisotopic (exact) mass is 240 g/mol. The second kappa shape index (κ2) is 6.36. The van der Waals surface area contributed by atoms with Gasteiger partial charge in [-0.1, -0.05) is 0 Å². The summed E-state index contributed by atoms with van der Waals surface area (Å²) in [7, 11) is 0. The lowest BCUT2D eigenvalue weighted by Gasteiger charge is -2.20. The molecule has 0 aromatic heterocycles. The van der Waals surface area contributed by atoms with Crippen molar-refractivity contribution in [2.45, 2.75) is 38.6 Å². The molecule has 0 aromatic rings. The van der Waals surface area contributed by atoms with Gasteiger partial charge in [-0.05, 0) is 45.1 Å². The van der Waals surface area contributed by atoms with Crippen molar-refractivity contribution in [1.82, 2.24) is 10.2 Å². The van der Waals surface area contributed by atoms with Gasteiger partial charge in [-0.2, -0.15) is 0 Å². The predicted octanol–water partition coefficient (Wildman–Crippen LogP) is 1.01. The molecule has 4 nitrogen and oxygen atoms in total. The largest absolute Gasteiger partial charge is 0.381 e. The maximum Gasteiger partial charge on any atom is 0.236 e. The van der Waals surface area contributed by atoms with Crippen LogP contribution in [0.1, 0.15) is 32.6 Å². The number of nitrogens with zero attached hydrogens (tertiary/aromatic N) is 1. The van der Waals surface area contributed by atoms with E-state index in [2.05, 4.69) is 12.2 Å². The molecule has 1 heterocycles. The lowest BCUT2D eigenvalue weighted by molar-refractivity contribution is -0.130. The quantitative estimate of drug-likeness (QED) is 0.675. The summed E-state index contributed by atoms with van der Waals surface area (Å²) < 4.78 is 5.33. The summed E-state index contributed by atoms with van der Waals surface area (Å²) in [4.78, 5) is 13.9. The van der Waals surface area contributed by atoms with Crippen LogP contribution in [-0.2, 0) is 9.53 Å². The van der Waals surface area contributed by atoms with Crippen LogP contribution in [0.3, 0.4) is 0 Å². The third kappa shape index (κ3) is 3.96. The van der Waals surface area contributed by atoms with E-state index in [1.54, 1.807) is 0 Å². The van der Waals surface area contributed by atoms with Crippen molar-refractivity contribution in [3.63, 3.8) is 0 Å². The Hall–Kier alpha value is -0.610. The molecule has 1 amide bonds. The van der Waals surface area contributed by atoms with Crippen molar-refractivity contribution in [2.75, 3.05) is 32.8 Å². The molecular formula is C13H24N2O2. The fourth-order valence-corrected chi connectivity index (χ4v) is 2.44. The van der Waals surface area contributed by atoms with Gasteiger partial charge in [0.05, 0.1) is 6.54 Å². The molecule has 2 aliphatic rings. The lowest BCUT2D eigenvalue weighted by Crippen LogP contribution is -2.39. The summed E-state index contributed by atoms with van der Waals surface area (Å²) in [5, 5.41) is 3.26. The second-order valence-electron chi connectivity index (χ2n) is 5.11. The van der Waals surface area contributed by atoms with Crippen LogP contribution in [0, 0.1) is 5.92 Å². The first-order valence-corrected chi connectivity index (χ1v) is 6.89. The van der Waals surface area contributed by atoms with Gasteiger partial charge in [0.2, 0.25) is 5.91 Å². The highest BCUT2D eigenvalue weighted by Crippen LogP contribution is 2.26. The Bertz CT molecular complexity index is 248. The number of likely N-dealkylation sites (N-methyl/N-ethyl adjacent to an activating group) is 1. The van der Waals surface area contributed by atoms with E-state index < -0.39 is 0 Å². The van der Waals surface area contributed by atoms with Gasteiger partial charge in [0.1, 0.15) is 0 Å². The van der Waals surface area contributed by atoms with Gasteiger partial charge >= 0.3 is 0 Å². The molecule has 2 fully saturated rings. The summed E-state index contributed by atoms with van der Waals surface area (Å²) in [6.45, 7) is 6.15. The predicted molar refractivity (Wildman–Crippen MR) is 66.8 cm³/mol. The molecule has 1 aliphatic heterocycles. The Balaban J connectivity index is 1.55. The van der Waals surface area contributed by atoms with Crippen molar-refractivity contribution in [3.05, 3.63) is 0 Å². The van der Waals surface area contributed by atoms with Crippen molar-refractivity contribution < 1.29 is 9.53 Å². The van der Waals surface area contributed by atoms with Gasteiger partial charge in [-0.3, -0.25) is 4.79 Å². The van der Waals surface area contributed by atoms with E-state index in [0.717, 1.165) is 32.7 Å². The molecule has 0 spiro atoms. The fourth-order valence-electron chi connectivity index (χ4n) is 2.44. The van der Waals surface area contributed by atoms with Gasteiger partial charge in [-0.25, -0.2) is 0 Å². The van der Waals surface area contributed by atoms with Crippen LogP contribution in [0.4, 0.5) is 0 Å². The lowest BCUT2D eigenvalue weighted by atomic mass is 10.1. The zero-order valence-corrected chi connectivity index (χ0v) is 10.8. The first-order chi connectivity index (χ1) is 8.31. The molecule has 2 rings (SSSR count). The minimum atomic E-state index is 0.262. The summed E-state index contributed by atoms with van der Waals surface area (Å²) in [5.74, 6) is 0.959. The maximum absolute atomic E-state index is 11.9. The minimum Gasteiger partial charge on any atom is -0.381 e. The Morgan fingerprint density at radius 2 is 2.24 bits per heavy atom. The number of ether oxygens (including phenoxy) is 1. The average Bonchev–Trinajstić information content (AvgIpc) is 3.02. The van der Waals surface area contributed by atoms with Crippen molar-refractivity contribution >= 4 is 5.91 Å². The number of hydrogen-bond acceptors (Lipinski definition) is 3. The van der Waals surface area contributed by atoms with Crippen molar-refractivity contribution in [2.24, 2.45) is 5.92 Å². The van der Waals surface area contributed by atoms with E-state index in [1.807, 2.05) is 4.90 Å². The highest BCUT2D eigenvalue weighted by Gasteiger charge is 2.30. The highest BCUT2D eigenvalue weighted by molar-refractivity contribution is 5.78. The molecule has 1 saturated carbocycles. The molecule has 1 N–H and O–H groups in total. The minimum absolute atomic E-state index is 0.262. The third-order valence-electron chi connectivity index (χ3n) is 3.68. The molecule has 0 bridgehead atoms. The molecular weight excluding hydrogens is 216 g/mol. The Morgan fingerprint density at radius 3 is 2.82 bits per heavy atom. The van der Waals surface area contributed by atoms with Crippen LogP contribution < -0.4 is 5.32 Å². The third-order valence-corrected chi connectivity index (χ3v) is 3.68. The molecule has 1 atom stereocenters. The number of carbonyl (C=O) groups excluding carboxylic acids is 1. The van der Waals surface area contributed by atoms with E-state index >= 15 is 0 Å². The second-order valence-corrected chi connectivity index (χ2v) is 5.11. The van der Waals surface area contributed by atoms with E-state index in [1.165, 1.54) is 19.3 Å². The smallest absolute Gasteiger partial charge is 0.236 e. The van der Waals surface area contributed by atoms with Crippen LogP contribution in [-0.4, -0.2) is 49.7 Å². The Morgan fingerprint density at radius 1 is 1.41 bits per heavy atom. The summed E-state index contributed by atoms with van der Waals surface area (Å²) in [6.07, 6.45) is 4.69. The van der Waals surface area contributed by atoms with Gasteiger partial charge < -0.3 is 15.0 Å². The van der Waals surface area contributed by atoms with Crippen LogP contribution >= 0.6 is 0 Å². The number of hydrogen-bond donors (Lipinski definition) is 1. The Kier molecular flexibility index (Phi) is 4.80. The molecule has 1 aliphatic carbocycles. The van der Waals surface area contributed by atoms with Gasteiger partial charge in [0.25, 0.3) is 0 Å². The number of amides is 1. The summed E-state index contributed by atoms with van der Waals surface area (Å²) >= 11 is 0. The zero-order valence-electron chi connectivity index (χ0n) is 10.8. The highest BCUT2D eigenvalue weighted by atomic mass is 16.5. The molecule has 98 valence electrons. The van der Waals surface area contributed by atoms with Gasteiger partial charge in [0, 0.05) is 25.8 Å². The first-order valence-electron chi connectivity index (χ1n) is 6.89. The Labute approximate surface area is 104 Å². The maximum atomic E-state index is 11.9. The molecule has 17 heavy (non-hydrogen) atoms.